The van der Waals surface area contributed by atoms with Gasteiger partial charge in [0.15, 0.2) is 5.82 Å². The summed E-state index contributed by atoms with van der Waals surface area (Å²) < 4.78 is 18.3. The summed E-state index contributed by atoms with van der Waals surface area (Å²) in [5.41, 5.74) is 1.45. The van der Waals surface area contributed by atoms with Gasteiger partial charge in [-0.15, -0.1) is 0 Å². The van der Waals surface area contributed by atoms with Crippen LogP contribution >= 0.6 is 0 Å². The van der Waals surface area contributed by atoms with Gasteiger partial charge in [-0.1, -0.05) is 5.16 Å². The number of ether oxygens (including phenoxy) is 2. The van der Waals surface area contributed by atoms with Crippen molar-refractivity contribution in [2.75, 3.05) is 39.5 Å². The van der Waals surface area contributed by atoms with Crippen LogP contribution in [0.5, 0.6) is 0 Å². The van der Waals surface area contributed by atoms with E-state index < -0.39 is 0 Å². The summed E-state index contributed by atoms with van der Waals surface area (Å²) in [5, 5.41) is 8.35. The van der Waals surface area contributed by atoms with Gasteiger partial charge >= 0.3 is 0 Å². The molecule has 2 aliphatic heterocycles. The lowest BCUT2D eigenvalue weighted by Gasteiger charge is -2.21. The van der Waals surface area contributed by atoms with E-state index in [-0.39, 0.29) is 11.8 Å². The molecule has 0 N–H and O–H groups in total. The van der Waals surface area contributed by atoms with E-state index in [0.29, 0.717) is 49.4 Å². The molecule has 1 unspecified atom stereocenters. The topological polar surface area (TPSA) is 95.5 Å². The van der Waals surface area contributed by atoms with Gasteiger partial charge in [0.2, 0.25) is 5.89 Å². The van der Waals surface area contributed by atoms with E-state index in [9.17, 15) is 4.79 Å². The summed E-state index contributed by atoms with van der Waals surface area (Å²) in [6.45, 7) is 6.18. The number of hydrogen-bond acceptors (Lipinski definition) is 7. The van der Waals surface area contributed by atoms with Crippen LogP contribution in [0.25, 0.3) is 0 Å². The van der Waals surface area contributed by atoms with Crippen LogP contribution < -0.4 is 0 Å². The Morgan fingerprint density at radius 3 is 2.90 bits per heavy atom. The predicted molar refractivity (Wildman–Crippen MR) is 104 cm³/mol. The molecule has 0 aliphatic carbocycles. The number of rotatable bonds is 7. The maximum atomic E-state index is 12.7. The van der Waals surface area contributed by atoms with Crippen LogP contribution in [0.1, 0.15) is 53.1 Å². The van der Waals surface area contributed by atoms with Gasteiger partial charge < -0.3 is 18.9 Å². The lowest BCUT2D eigenvalue weighted by Crippen LogP contribution is -2.30. The quantitative estimate of drug-likeness (QED) is 0.650. The molecule has 158 valence electrons. The SMILES string of the molecule is Cc1cc(C(=O)N2CCC(c3nc(CCOCC4CCOCC4)no3)C2)n(C)n1. The summed E-state index contributed by atoms with van der Waals surface area (Å²) in [7, 11) is 1.79. The number of amides is 1. The minimum Gasteiger partial charge on any atom is -0.381 e. The van der Waals surface area contributed by atoms with Crippen LogP contribution in [0, 0.1) is 12.8 Å². The second-order valence-electron chi connectivity index (χ2n) is 7.96. The number of aromatic nitrogens is 4. The van der Waals surface area contributed by atoms with Crippen LogP contribution in [0.15, 0.2) is 10.6 Å². The van der Waals surface area contributed by atoms with Gasteiger partial charge in [0.1, 0.15) is 5.69 Å². The summed E-state index contributed by atoms with van der Waals surface area (Å²) in [5.74, 6) is 1.95. The van der Waals surface area contributed by atoms with E-state index in [2.05, 4.69) is 15.2 Å². The van der Waals surface area contributed by atoms with Crippen LogP contribution in [0.3, 0.4) is 0 Å². The molecule has 2 aromatic heterocycles. The molecule has 1 amide bonds. The van der Waals surface area contributed by atoms with Crippen molar-refractivity contribution in [1.29, 1.82) is 0 Å². The molecule has 4 heterocycles. The van der Waals surface area contributed by atoms with E-state index in [1.54, 1.807) is 11.7 Å². The third-order valence-corrected chi connectivity index (χ3v) is 5.69. The Morgan fingerprint density at radius 2 is 2.14 bits per heavy atom. The monoisotopic (exact) mass is 403 g/mol. The smallest absolute Gasteiger partial charge is 0.272 e. The van der Waals surface area contributed by atoms with Gasteiger partial charge in [-0.2, -0.15) is 10.1 Å². The first-order valence-corrected chi connectivity index (χ1v) is 10.4. The van der Waals surface area contributed by atoms with Crippen molar-refractivity contribution in [3.05, 3.63) is 29.2 Å². The number of carbonyl (C=O) groups excluding carboxylic acids is 1. The van der Waals surface area contributed by atoms with Crippen molar-refractivity contribution in [3.63, 3.8) is 0 Å². The van der Waals surface area contributed by atoms with E-state index in [1.807, 2.05) is 17.9 Å². The highest BCUT2D eigenvalue weighted by Crippen LogP contribution is 2.27. The first-order valence-electron chi connectivity index (χ1n) is 10.4. The molecule has 0 bridgehead atoms. The summed E-state index contributed by atoms with van der Waals surface area (Å²) in [6, 6.07) is 1.82. The summed E-state index contributed by atoms with van der Waals surface area (Å²) >= 11 is 0. The van der Waals surface area contributed by atoms with Crippen molar-refractivity contribution < 1.29 is 18.8 Å². The number of hydrogen-bond donors (Lipinski definition) is 0. The van der Waals surface area contributed by atoms with Gasteiger partial charge in [-0.05, 0) is 38.2 Å². The molecule has 29 heavy (non-hydrogen) atoms. The molecular formula is C20H29N5O4. The van der Waals surface area contributed by atoms with Crippen LogP contribution in [0.2, 0.25) is 0 Å². The summed E-state index contributed by atoms with van der Waals surface area (Å²) in [4.78, 5) is 19.1. The fraction of sp³-hybridized carbons (Fsp3) is 0.700. The van der Waals surface area contributed by atoms with Gasteiger partial charge in [-0.25, -0.2) is 0 Å². The van der Waals surface area contributed by atoms with Gasteiger partial charge in [0.25, 0.3) is 5.91 Å². The molecule has 9 nitrogen and oxygen atoms in total. The van der Waals surface area contributed by atoms with Crippen LogP contribution in [-0.2, 0) is 22.9 Å². The van der Waals surface area contributed by atoms with Gasteiger partial charge in [0.05, 0.1) is 18.2 Å². The third-order valence-electron chi connectivity index (χ3n) is 5.69. The Kier molecular flexibility index (Phi) is 6.25. The lowest BCUT2D eigenvalue weighted by molar-refractivity contribution is 0.0211. The van der Waals surface area contributed by atoms with Crippen molar-refractivity contribution in [2.45, 2.75) is 38.5 Å². The molecule has 2 aromatic rings. The molecule has 0 aromatic carbocycles. The normalized spacial score (nSPS) is 20.5. The fourth-order valence-corrected chi connectivity index (χ4v) is 3.98. The Hall–Kier alpha value is -2.26. The van der Waals surface area contributed by atoms with Crippen molar-refractivity contribution in [3.8, 4) is 0 Å². The number of likely N-dealkylation sites (tertiary alicyclic amines) is 1. The minimum absolute atomic E-state index is 0.00292. The van der Waals surface area contributed by atoms with E-state index in [1.165, 1.54) is 0 Å². The Labute approximate surface area is 170 Å². The maximum Gasteiger partial charge on any atom is 0.272 e. The van der Waals surface area contributed by atoms with Crippen LogP contribution in [-0.4, -0.2) is 70.2 Å². The molecule has 2 saturated heterocycles. The van der Waals surface area contributed by atoms with E-state index >= 15 is 0 Å². The van der Waals surface area contributed by atoms with E-state index in [4.69, 9.17) is 14.0 Å². The molecule has 4 rings (SSSR count). The Morgan fingerprint density at radius 1 is 1.31 bits per heavy atom. The molecule has 1 atom stereocenters. The third kappa shape index (κ3) is 4.84. The van der Waals surface area contributed by atoms with Crippen molar-refractivity contribution >= 4 is 5.91 Å². The van der Waals surface area contributed by atoms with Gasteiger partial charge in [-0.3, -0.25) is 9.48 Å². The highest BCUT2D eigenvalue weighted by molar-refractivity contribution is 5.92. The minimum atomic E-state index is -0.00292. The second kappa shape index (κ2) is 9.04. The first-order chi connectivity index (χ1) is 14.1. The van der Waals surface area contributed by atoms with E-state index in [0.717, 1.165) is 44.8 Å². The molecule has 9 heteroatoms. The molecular weight excluding hydrogens is 374 g/mol. The fourth-order valence-electron chi connectivity index (χ4n) is 3.98. The molecule has 0 saturated carbocycles. The Bertz CT molecular complexity index is 827. The van der Waals surface area contributed by atoms with Crippen molar-refractivity contribution in [2.24, 2.45) is 13.0 Å². The number of aryl methyl sites for hydroxylation is 2. The summed E-state index contributed by atoms with van der Waals surface area (Å²) in [6.07, 6.45) is 3.60. The predicted octanol–water partition coefficient (Wildman–Crippen LogP) is 1.73. The Balaban J connectivity index is 1.24. The highest BCUT2D eigenvalue weighted by Gasteiger charge is 2.32. The lowest BCUT2D eigenvalue weighted by atomic mass is 10.0. The number of carbonyl (C=O) groups is 1. The average molecular weight is 403 g/mol. The highest BCUT2D eigenvalue weighted by atomic mass is 16.5. The zero-order valence-electron chi connectivity index (χ0n) is 17.2. The van der Waals surface area contributed by atoms with Crippen LogP contribution in [0.4, 0.5) is 0 Å². The number of nitrogens with zero attached hydrogens (tertiary/aromatic N) is 5. The first kappa shape index (κ1) is 20.0. The molecule has 0 radical (unpaired) electrons. The van der Waals surface area contributed by atoms with Crippen molar-refractivity contribution in [1.82, 2.24) is 24.8 Å². The maximum absolute atomic E-state index is 12.7. The largest absolute Gasteiger partial charge is 0.381 e. The second-order valence-corrected chi connectivity index (χ2v) is 7.96. The zero-order valence-corrected chi connectivity index (χ0v) is 17.2. The molecule has 2 fully saturated rings. The standard InChI is InChI=1S/C20H29N5O4/c1-14-11-17(24(2)22-14)20(26)25-7-3-16(12-25)19-21-18(23-29-19)6-10-28-13-15-4-8-27-9-5-15/h11,15-16H,3-10,12-13H2,1-2H3. The molecule has 2 aliphatic rings. The molecule has 0 spiro atoms. The zero-order chi connectivity index (χ0) is 20.2. The average Bonchev–Trinajstić information content (AvgIpc) is 3.45. The van der Waals surface area contributed by atoms with Gasteiger partial charge in [0, 0.05) is 46.4 Å².